The van der Waals surface area contributed by atoms with Gasteiger partial charge < -0.3 is 15.2 Å². The molecule has 0 aromatic heterocycles. The van der Waals surface area contributed by atoms with Crippen molar-refractivity contribution in [1.29, 1.82) is 0 Å². The van der Waals surface area contributed by atoms with Crippen LogP contribution in [0.3, 0.4) is 0 Å². The molecule has 3 rings (SSSR count). The Balaban J connectivity index is 1.55. The van der Waals surface area contributed by atoms with Crippen molar-refractivity contribution in [2.75, 3.05) is 6.61 Å². The van der Waals surface area contributed by atoms with E-state index in [4.69, 9.17) is 9.84 Å². The van der Waals surface area contributed by atoms with Crippen LogP contribution in [0.4, 0.5) is 13.2 Å². The standard InChI is InChI=1S/C26H29F3N2O7S/c27-26(28,29)19-8-12-21(13-9-19)39(36,37)31-20-10-6-18(7-11-20)25(35)30-22(17-4-2-1-3-5-17)16-38-24(34)15-14-23(32)33/h1-5,8-9,12-13,18,20,22,31H,6-7,10-11,14-16H2,(H,30,35)(H,32,33)/t18?,20?,22-/m1/s1. The Morgan fingerprint density at radius 1 is 0.949 bits per heavy atom. The van der Waals surface area contributed by atoms with E-state index < -0.39 is 51.7 Å². The molecular weight excluding hydrogens is 541 g/mol. The molecule has 1 amide bonds. The van der Waals surface area contributed by atoms with Crippen molar-refractivity contribution in [2.24, 2.45) is 5.92 Å². The first kappa shape index (κ1) is 30.1. The fourth-order valence-corrected chi connectivity index (χ4v) is 5.54. The van der Waals surface area contributed by atoms with E-state index in [0.29, 0.717) is 43.4 Å². The molecule has 0 radical (unpaired) electrons. The van der Waals surface area contributed by atoms with Crippen LogP contribution in [0.25, 0.3) is 0 Å². The Bertz CT molecular complexity index is 1240. The van der Waals surface area contributed by atoms with Crippen molar-refractivity contribution in [3.8, 4) is 0 Å². The average Bonchev–Trinajstić information content (AvgIpc) is 2.90. The number of esters is 1. The Morgan fingerprint density at radius 2 is 1.56 bits per heavy atom. The van der Waals surface area contributed by atoms with Gasteiger partial charge >= 0.3 is 18.1 Å². The molecule has 0 bridgehead atoms. The molecule has 0 spiro atoms. The quantitative estimate of drug-likeness (QED) is 0.349. The lowest BCUT2D eigenvalue weighted by Crippen LogP contribution is -2.42. The normalized spacial score (nSPS) is 18.6. The lowest BCUT2D eigenvalue weighted by molar-refractivity contribution is -0.148. The van der Waals surface area contributed by atoms with Gasteiger partial charge in [-0.05, 0) is 55.5 Å². The van der Waals surface area contributed by atoms with E-state index in [1.807, 2.05) is 0 Å². The second kappa shape index (κ2) is 13.1. The molecule has 39 heavy (non-hydrogen) atoms. The molecule has 1 saturated carbocycles. The van der Waals surface area contributed by atoms with Gasteiger partial charge in [0.1, 0.15) is 6.61 Å². The van der Waals surface area contributed by atoms with Crippen LogP contribution in [-0.2, 0) is 35.3 Å². The van der Waals surface area contributed by atoms with Gasteiger partial charge in [0, 0.05) is 12.0 Å². The molecule has 212 valence electrons. The average molecular weight is 571 g/mol. The Kier molecular flexibility index (Phi) is 10.1. The van der Waals surface area contributed by atoms with Crippen molar-refractivity contribution in [3.63, 3.8) is 0 Å². The number of ether oxygens (including phenoxy) is 1. The number of rotatable bonds is 11. The number of sulfonamides is 1. The number of halogens is 3. The van der Waals surface area contributed by atoms with E-state index in [2.05, 4.69) is 10.0 Å². The number of nitrogens with one attached hydrogen (secondary N) is 2. The lowest BCUT2D eigenvalue weighted by atomic mass is 9.85. The van der Waals surface area contributed by atoms with Crippen molar-refractivity contribution in [2.45, 2.75) is 61.7 Å². The minimum absolute atomic E-state index is 0.184. The summed E-state index contributed by atoms with van der Waals surface area (Å²) in [6.07, 6.45) is -3.81. The van der Waals surface area contributed by atoms with Crippen molar-refractivity contribution in [3.05, 3.63) is 65.7 Å². The Morgan fingerprint density at radius 3 is 2.13 bits per heavy atom. The number of amides is 1. The fraction of sp³-hybridized carbons (Fsp3) is 0.423. The van der Waals surface area contributed by atoms with Gasteiger partial charge in [-0.25, -0.2) is 13.1 Å². The molecule has 1 fully saturated rings. The van der Waals surface area contributed by atoms with Gasteiger partial charge in [0.15, 0.2) is 0 Å². The molecular formula is C26H29F3N2O7S. The number of aliphatic carboxylic acids is 1. The third-order valence-electron chi connectivity index (χ3n) is 6.38. The summed E-state index contributed by atoms with van der Waals surface area (Å²) in [6, 6.07) is 10.9. The number of hydrogen-bond donors (Lipinski definition) is 3. The van der Waals surface area contributed by atoms with E-state index in [0.717, 1.165) is 12.1 Å². The van der Waals surface area contributed by atoms with Gasteiger partial charge in [-0.2, -0.15) is 13.2 Å². The van der Waals surface area contributed by atoms with Crippen LogP contribution in [0.15, 0.2) is 59.5 Å². The van der Waals surface area contributed by atoms with Crippen LogP contribution in [-0.4, -0.2) is 44.0 Å². The number of benzene rings is 2. The van der Waals surface area contributed by atoms with Crippen molar-refractivity contribution in [1.82, 2.24) is 10.0 Å². The summed E-state index contributed by atoms with van der Waals surface area (Å²) in [6.45, 7) is -0.184. The summed E-state index contributed by atoms with van der Waals surface area (Å²) in [5, 5.41) is 11.6. The number of alkyl halides is 3. The highest BCUT2D eigenvalue weighted by molar-refractivity contribution is 7.89. The molecule has 9 nitrogen and oxygen atoms in total. The zero-order valence-electron chi connectivity index (χ0n) is 20.8. The van der Waals surface area contributed by atoms with Gasteiger partial charge in [0.25, 0.3) is 0 Å². The second-order valence-corrected chi connectivity index (χ2v) is 11.0. The summed E-state index contributed by atoms with van der Waals surface area (Å²) < 4.78 is 71.3. The minimum atomic E-state index is -4.57. The molecule has 0 unspecified atom stereocenters. The van der Waals surface area contributed by atoms with Crippen LogP contribution in [0, 0.1) is 5.92 Å². The largest absolute Gasteiger partial charge is 0.481 e. The van der Waals surface area contributed by atoms with Crippen LogP contribution >= 0.6 is 0 Å². The predicted octanol–water partition coefficient (Wildman–Crippen LogP) is 3.81. The number of hydrogen-bond acceptors (Lipinski definition) is 6. The number of carbonyl (C=O) groups is 3. The van der Waals surface area contributed by atoms with E-state index in [9.17, 15) is 36.0 Å². The minimum Gasteiger partial charge on any atom is -0.481 e. The third kappa shape index (κ3) is 9.06. The number of carboxylic acids is 1. The zero-order valence-corrected chi connectivity index (χ0v) is 21.6. The van der Waals surface area contributed by atoms with Gasteiger partial charge in [-0.3, -0.25) is 14.4 Å². The topological polar surface area (TPSA) is 139 Å². The molecule has 1 aliphatic carbocycles. The molecule has 0 aliphatic heterocycles. The van der Waals surface area contributed by atoms with Gasteiger partial charge in [0.2, 0.25) is 15.9 Å². The third-order valence-corrected chi connectivity index (χ3v) is 7.92. The monoisotopic (exact) mass is 570 g/mol. The van der Waals surface area contributed by atoms with E-state index in [-0.39, 0.29) is 30.3 Å². The Labute approximate surface area is 223 Å². The van der Waals surface area contributed by atoms with Crippen molar-refractivity contribution < 1.29 is 45.8 Å². The summed E-state index contributed by atoms with van der Waals surface area (Å²) >= 11 is 0. The van der Waals surface area contributed by atoms with Gasteiger partial charge in [-0.15, -0.1) is 0 Å². The first-order valence-corrected chi connectivity index (χ1v) is 13.8. The summed E-state index contributed by atoms with van der Waals surface area (Å²) in [5.41, 5.74) is -0.258. The van der Waals surface area contributed by atoms with Crippen molar-refractivity contribution >= 4 is 27.9 Å². The summed E-state index contributed by atoms with van der Waals surface area (Å²) in [7, 11) is -4.04. The zero-order chi connectivity index (χ0) is 28.6. The smallest absolute Gasteiger partial charge is 0.416 e. The van der Waals surface area contributed by atoms with E-state index in [1.54, 1.807) is 30.3 Å². The van der Waals surface area contributed by atoms with Crippen LogP contribution in [0.1, 0.15) is 55.7 Å². The van der Waals surface area contributed by atoms with Crippen LogP contribution < -0.4 is 10.0 Å². The van der Waals surface area contributed by atoms with Gasteiger partial charge in [0.05, 0.1) is 29.3 Å². The molecule has 0 heterocycles. The molecule has 1 atom stereocenters. The molecule has 13 heteroatoms. The SMILES string of the molecule is O=C(O)CCC(=O)OC[C@@H](NC(=O)C1CCC(NS(=O)(=O)c2ccc(C(F)(F)F)cc2)CC1)c1ccccc1. The molecule has 3 N–H and O–H groups in total. The molecule has 2 aromatic rings. The highest BCUT2D eigenvalue weighted by Gasteiger charge is 2.32. The number of carboxylic acid groups (broad SMARTS) is 1. The highest BCUT2D eigenvalue weighted by Crippen LogP contribution is 2.30. The number of carbonyl (C=O) groups excluding carboxylic acids is 2. The lowest BCUT2D eigenvalue weighted by Gasteiger charge is -2.29. The molecule has 0 saturated heterocycles. The maximum Gasteiger partial charge on any atom is 0.416 e. The molecule has 2 aromatic carbocycles. The van der Waals surface area contributed by atoms with E-state index >= 15 is 0 Å². The maximum absolute atomic E-state index is 13.0. The highest BCUT2D eigenvalue weighted by atomic mass is 32.2. The predicted molar refractivity (Wildman–Crippen MR) is 133 cm³/mol. The van der Waals surface area contributed by atoms with E-state index in [1.165, 1.54) is 0 Å². The Hall–Kier alpha value is -3.45. The summed E-state index contributed by atoms with van der Waals surface area (Å²) in [4.78, 5) is 35.3. The van der Waals surface area contributed by atoms with Gasteiger partial charge in [-0.1, -0.05) is 30.3 Å². The second-order valence-electron chi connectivity index (χ2n) is 9.24. The first-order valence-electron chi connectivity index (χ1n) is 12.3. The first-order chi connectivity index (χ1) is 18.3. The maximum atomic E-state index is 13.0. The fourth-order valence-electron chi connectivity index (χ4n) is 4.24. The summed E-state index contributed by atoms with van der Waals surface area (Å²) in [5.74, 6) is -2.55. The molecule has 1 aliphatic rings. The van der Waals surface area contributed by atoms with Crippen LogP contribution in [0.2, 0.25) is 0 Å². The van der Waals surface area contributed by atoms with Crippen LogP contribution in [0.5, 0.6) is 0 Å².